The van der Waals surface area contributed by atoms with Crippen molar-refractivity contribution in [2.75, 3.05) is 12.4 Å². The lowest BCUT2D eigenvalue weighted by Gasteiger charge is -2.15. The van der Waals surface area contributed by atoms with Gasteiger partial charge in [-0.3, -0.25) is 0 Å². The highest BCUT2D eigenvalue weighted by Gasteiger charge is 2.11. The summed E-state index contributed by atoms with van der Waals surface area (Å²) in [5, 5.41) is 13.1. The lowest BCUT2D eigenvalue weighted by molar-refractivity contribution is 0.429. The fourth-order valence-electron chi connectivity index (χ4n) is 1.78. The van der Waals surface area contributed by atoms with Gasteiger partial charge in [0, 0.05) is 28.6 Å². The van der Waals surface area contributed by atoms with Gasteiger partial charge in [-0.1, -0.05) is 25.6 Å². The fraction of sp³-hybridized carbons (Fsp3) is 0.294. The van der Waals surface area contributed by atoms with E-state index < -0.39 is 0 Å². The molecule has 0 spiro atoms. The number of aliphatic hydroxyl groups is 1. The summed E-state index contributed by atoms with van der Waals surface area (Å²) >= 11 is 1.59. The van der Waals surface area contributed by atoms with Crippen molar-refractivity contribution in [1.82, 2.24) is 0 Å². The average Bonchev–Trinajstić information content (AvgIpc) is 2.46. The van der Waals surface area contributed by atoms with Crippen LogP contribution in [0.25, 0.3) is 0 Å². The van der Waals surface area contributed by atoms with Crippen molar-refractivity contribution in [3.8, 4) is 0 Å². The summed E-state index contributed by atoms with van der Waals surface area (Å²) in [6.45, 7) is 7.86. The molecule has 0 heterocycles. The first-order chi connectivity index (χ1) is 9.97. The molecule has 1 unspecified atom stereocenters. The minimum atomic E-state index is 0.219. The third kappa shape index (κ3) is 5.60. The molecule has 0 amide bonds. The SMILES string of the molecule is C=C(N)/C(=C\C(O)=C/CC)SC(C)c1ccc(NC)cc1. The van der Waals surface area contributed by atoms with Gasteiger partial charge in [-0.15, -0.1) is 11.8 Å². The molecular weight excluding hydrogens is 280 g/mol. The summed E-state index contributed by atoms with van der Waals surface area (Å²) in [7, 11) is 1.90. The molecule has 114 valence electrons. The number of rotatable bonds is 7. The third-order valence-electron chi connectivity index (χ3n) is 2.98. The normalized spacial score (nSPS) is 13.9. The Morgan fingerprint density at radius 2 is 2.05 bits per heavy atom. The van der Waals surface area contributed by atoms with Crippen LogP contribution in [0.5, 0.6) is 0 Å². The fourth-order valence-corrected chi connectivity index (χ4v) is 2.80. The van der Waals surface area contributed by atoms with Crippen LogP contribution in [-0.4, -0.2) is 12.2 Å². The van der Waals surface area contributed by atoms with Crippen molar-refractivity contribution in [3.05, 3.63) is 64.9 Å². The Bertz CT molecular complexity index is 532. The number of aliphatic hydroxyl groups excluding tert-OH is 1. The Kier molecular flexibility index (Phi) is 6.96. The van der Waals surface area contributed by atoms with Crippen LogP contribution < -0.4 is 11.1 Å². The Balaban J connectivity index is 2.87. The van der Waals surface area contributed by atoms with E-state index in [1.54, 1.807) is 23.9 Å². The molecule has 0 aliphatic rings. The maximum absolute atomic E-state index is 9.79. The van der Waals surface area contributed by atoms with Crippen LogP contribution in [0.2, 0.25) is 0 Å². The van der Waals surface area contributed by atoms with Gasteiger partial charge in [-0.2, -0.15) is 0 Å². The van der Waals surface area contributed by atoms with Crippen LogP contribution in [0.15, 0.2) is 59.4 Å². The number of anilines is 1. The number of hydrogen-bond donors (Lipinski definition) is 3. The number of benzene rings is 1. The van der Waals surface area contributed by atoms with Gasteiger partial charge in [-0.25, -0.2) is 0 Å². The molecule has 4 N–H and O–H groups in total. The summed E-state index contributed by atoms with van der Waals surface area (Å²) in [5.74, 6) is 0.226. The first-order valence-electron chi connectivity index (χ1n) is 6.97. The summed E-state index contributed by atoms with van der Waals surface area (Å²) in [5.41, 5.74) is 8.57. The van der Waals surface area contributed by atoms with Gasteiger partial charge < -0.3 is 16.2 Å². The van der Waals surface area contributed by atoms with Crippen LogP contribution in [0.3, 0.4) is 0 Å². The Morgan fingerprint density at radius 1 is 1.43 bits per heavy atom. The Morgan fingerprint density at radius 3 is 2.52 bits per heavy atom. The average molecular weight is 304 g/mol. The molecule has 1 rings (SSSR count). The highest BCUT2D eigenvalue weighted by atomic mass is 32.2. The molecule has 0 aliphatic heterocycles. The van der Waals surface area contributed by atoms with E-state index >= 15 is 0 Å². The largest absolute Gasteiger partial charge is 0.508 e. The van der Waals surface area contributed by atoms with Gasteiger partial charge in [0.1, 0.15) is 5.76 Å². The summed E-state index contributed by atoms with van der Waals surface area (Å²) in [4.78, 5) is 0.794. The predicted molar refractivity (Wildman–Crippen MR) is 94.4 cm³/mol. The van der Waals surface area contributed by atoms with Gasteiger partial charge in [-0.05, 0) is 43.2 Å². The van der Waals surface area contributed by atoms with Crippen molar-refractivity contribution in [1.29, 1.82) is 0 Å². The maximum Gasteiger partial charge on any atom is 0.112 e. The van der Waals surface area contributed by atoms with Crippen molar-refractivity contribution in [2.45, 2.75) is 25.5 Å². The van der Waals surface area contributed by atoms with E-state index in [-0.39, 0.29) is 11.0 Å². The third-order valence-corrected chi connectivity index (χ3v) is 4.24. The number of nitrogens with two attached hydrogens (primary N) is 1. The van der Waals surface area contributed by atoms with Gasteiger partial charge in [0.25, 0.3) is 0 Å². The second-order valence-electron chi connectivity index (χ2n) is 4.70. The Hall–Kier alpha value is -1.81. The molecule has 0 aliphatic carbocycles. The standard InChI is InChI=1S/C17H24N2OS/c1-5-6-16(20)11-17(12(2)18)21-13(3)14-7-9-15(19-4)10-8-14/h6-11,13,19-20H,2,5,18H2,1,3-4H3/b16-6+,17-11+. The second-order valence-corrected chi connectivity index (χ2v) is 6.09. The lowest BCUT2D eigenvalue weighted by Crippen LogP contribution is -2.00. The van der Waals surface area contributed by atoms with Crippen molar-refractivity contribution >= 4 is 17.4 Å². The topological polar surface area (TPSA) is 58.3 Å². The zero-order chi connectivity index (χ0) is 15.8. The molecule has 0 aromatic heterocycles. The zero-order valence-electron chi connectivity index (χ0n) is 12.9. The molecular formula is C17H24N2OS. The highest BCUT2D eigenvalue weighted by molar-refractivity contribution is 8.03. The van der Waals surface area contributed by atoms with E-state index in [0.29, 0.717) is 5.70 Å². The van der Waals surface area contributed by atoms with E-state index in [9.17, 15) is 5.11 Å². The lowest BCUT2D eigenvalue weighted by atomic mass is 10.1. The molecule has 4 heteroatoms. The Labute approximate surface area is 131 Å². The molecule has 0 saturated carbocycles. The summed E-state index contributed by atoms with van der Waals surface area (Å²) in [6, 6.07) is 8.26. The zero-order valence-corrected chi connectivity index (χ0v) is 13.7. The summed E-state index contributed by atoms with van der Waals surface area (Å²) < 4.78 is 0. The van der Waals surface area contributed by atoms with E-state index in [4.69, 9.17) is 5.73 Å². The molecule has 3 nitrogen and oxygen atoms in total. The van der Waals surface area contributed by atoms with Crippen LogP contribution in [-0.2, 0) is 0 Å². The number of nitrogens with one attached hydrogen (secondary N) is 1. The number of hydrogen-bond acceptors (Lipinski definition) is 4. The highest BCUT2D eigenvalue weighted by Crippen LogP contribution is 2.36. The smallest absolute Gasteiger partial charge is 0.112 e. The minimum absolute atomic E-state index is 0.219. The first-order valence-corrected chi connectivity index (χ1v) is 7.85. The minimum Gasteiger partial charge on any atom is -0.508 e. The van der Waals surface area contributed by atoms with Gasteiger partial charge in [0.2, 0.25) is 0 Å². The maximum atomic E-state index is 9.79. The first kappa shape index (κ1) is 17.2. The van der Waals surface area contributed by atoms with Crippen molar-refractivity contribution in [3.63, 3.8) is 0 Å². The molecule has 1 aromatic carbocycles. The molecule has 21 heavy (non-hydrogen) atoms. The monoisotopic (exact) mass is 304 g/mol. The quantitative estimate of drug-likeness (QED) is 0.503. The van der Waals surface area contributed by atoms with Gasteiger partial charge >= 0.3 is 0 Å². The van der Waals surface area contributed by atoms with E-state index in [1.807, 2.05) is 26.1 Å². The van der Waals surface area contributed by atoms with Crippen LogP contribution in [0, 0.1) is 0 Å². The predicted octanol–water partition coefficient (Wildman–Crippen LogP) is 4.73. The molecule has 1 aromatic rings. The molecule has 0 saturated heterocycles. The van der Waals surface area contributed by atoms with Crippen LogP contribution >= 0.6 is 11.8 Å². The molecule has 0 fully saturated rings. The number of allylic oxidation sites excluding steroid dienone is 2. The van der Waals surface area contributed by atoms with E-state index in [2.05, 4.69) is 31.0 Å². The molecule has 0 bridgehead atoms. The van der Waals surface area contributed by atoms with Crippen LogP contribution in [0.1, 0.15) is 31.1 Å². The molecule has 0 radical (unpaired) electrons. The van der Waals surface area contributed by atoms with Crippen LogP contribution in [0.4, 0.5) is 5.69 Å². The van der Waals surface area contributed by atoms with Crippen molar-refractivity contribution < 1.29 is 5.11 Å². The van der Waals surface area contributed by atoms with Crippen molar-refractivity contribution in [2.24, 2.45) is 5.73 Å². The number of thioether (sulfide) groups is 1. The summed E-state index contributed by atoms with van der Waals surface area (Å²) in [6.07, 6.45) is 4.20. The second kappa shape index (κ2) is 8.47. The van der Waals surface area contributed by atoms with Gasteiger partial charge in [0.15, 0.2) is 0 Å². The van der Waals surface area contributed by atoms with E-state index in [0.717, 1.165) is 17.0 Å². The van der Waals surface area contributed by atoms with E-state index in [1.165, 1.54) is 5.56 Å². The van der Waals surface area contributed by atoms with Gasteiger partial charge in [0.05, 0.1) is 0 Å². The molecule has 1 atom stereocenters.